The van der Waals surface area contributed by atoms with E-state index in [-0.39, 0.29) is 11.5 Å². The van der Waals surface area contributed by atoms with E-state index in [2.05, 4.69) is 24.0 Å². The van der Waals surface area contributed by atoms with Crippen LogP contribution in [0, 0.1) is 5.41 Å². The minimum atomic E-state index is -0.617. The molecule has 108 valence electrons. The molecule has 2 N–H and O–H groups in total. The number of thiophene rings is 1. The summed E-state index contributed by atoms with van der Waals surface area (Å²) >= 11 is 1.60. The maximum absolute atomic E-state index is 6.52. The van der Waals surface area contributed by atoms with Crippen LogP contribution in [0.1, 0.15) is 33.1 Å². The van der Waals surface area contributed by atoms with Gasteiger partial charge in [-0.2, -0.15) is 16.3 Å². The van der Waals surface area contributed by atoms with E-state index in [9.17, 15) is 0 Å². The van der Waals surface area contributed by atoms with Crippen molar-refractivity contribution >= 4 is 11.3 Å². The van der Waals surface area contributed by atoms with Gasteiger partial charge in [-0.05, 0) is 18.4 Å². The van der Waals surface area contributed by atoms with E-state index in [1.165, 1.54) is 0 Å². The van der Waals surface area contributed by atoms with Gasteiger partial charge in [0.25, 0.3) is 0 Å². The quantitative estimate of drug-likeness (QED) is 0.938. The lowest BCUT2D eigenvalue weighted by molar-refractivity contribution is -0.162. The molecular formula is C14H19N3O2S. The first-order chi connectivity index (χ1) is 9.49. The van der Waals surface area contributed by atoms with Crippen LogP contribution in [0.2, 0.25) is 0 Å². The molecule has 2 unspecified atom stereocenters. The summed E-state index contributed by atoms with van der Waals surface area (Å²) in [4.78, 5) is 4.49. The van der Waals surface area contributed by atoms with E-state index in [4.69, 9.17) is 15.0 Å². The highest BCUT2D eigenvalue weighted by atomic mass is 32.1. The van der Waals surface area contributed by atoms with Crippen LogP contribution in [0.5, 0.6) is 0 Å². The molecule has 0 aromatic carbocycles. The van der Waals surface area contributed by atoms with E-state index in [0.29, 0.717) is 24.7 Å². The third kappa shape index (κ3) is 1.82. The molecule has 1 saturated carbocycles. The van der Waals surface area contributed by atoms with E-state index >= 15 is 0 Å². The predicted octanol–water partition coefficient (Wildman–Crippen LogP) is 2.79. The zero-order valence-corrected chi connectivity index (χ0v) is 12.7. The highest BCUT2D eigenvalue weighted by molar-refractivity contribution is 7.08. The SMILES string of the molecule is CCOC1CC(N)(c2nc(-c3ccsc3)no2)C1(C)C. The number of aromatic nitrogens is 2. The molecule has 0 bridgehead atoms. The van der Waals surface area contributed by atoms with E-state index in [1.807, 2.05) is 23.8 Å². The second-order valence-electron chi connectivity index (χ2n) is 5.78. The van der Waals surface area contributed by atoms with Crippen molar-refractivity contribution in [1.29, 1.82) is 0 Å². The van der Waals surface area contributed by atoms with Gasteiger partial charge >= 0.3 is 0 Å². The fourth-order valence-corrected chi connectivity index (χ4v) is 3.35. The summed E-state index contributed by atoms with van der Waals surface area (Å²) in [6, 6.07) is 1.97. The Hall–Kier alpha value is -1.24. The van der Waals surface area contributed by atoms with Crippen LogP contribution < -0.4 is 5.73 Å². The van der Waals surface area contributed by atoms with E-state index < -0.39 is 5.54 Å². The van der Waals surface area contributed by atoms with Crippen LogP contribution in [-0.2, 0) is 10.3 Å². The lowest BCUT2D eigenvalue weighted by atomic mass is 9.54. The van der Waals surface area contributed by atoms with Crippen LogP contribution in [0.3, 0.4) is 0 Å². The highest BCUT2D eigenvalue weighted by Gasteiger charge is 2.62. The lowest BCUT2D eigenvalue weighted by Gasteiger charge is -2.56. The van der Waals surface area contributed by atoms with Gasteiger partial charge in [0, 0.05) is 29.4 Å². The molecule has 2 atom stereocenters. The van der Waals surface area contributed by atoms with E-state index in [1.54, 1.807) is 11.3 Å². The highest BCUT2D eigenvalue weighted by Crippen LogP contribution is 2.55. The summed E-state index contributed by atoms with van der Waals surface area (Å²) in [7, 11) is 0. The Labute approximate surface area is 122 Å². The molecule has 20 heavy (non-hydrogen) atoms. The molecule has 2 heterocycles. The Bertz CT molecular complexity index is 593. The zero-order valence-electron chi connectivity index (χ0n) is 11.9. The van der Waals surface area contributed by atoms with Crippen molar-refractivity contribution in [1.82, 2.24) is 10.1 Å². The van der Waals surface area contributed by atoms with Crippen molar-refractivity contribution in [3.63, 3.8) is 0 Å². The van der Waals surface area contributed by atoms with E-state index in [0.717, 1.165) is 5.56 Å². The Kier molecular flexibility index (Phi) is 3.19. The van der Waals surface area contributed by atoms with Gasteiger partial charge in [0.1, 0.15) is 5.54 Å². The molecule has 1 fully saturated rings. The number of rotatable bonds is 4. The Balaban J connectivity index is 1.87. The fraction of sp³-hybridized carbons (Fsp3) is 0.571. The minimum Gasteiger partial charge on any atom is -0.378 e. The lowest BCUT2D eigenvalue weighted by Crippen LogP contribution is -2.67. The van der Waals surface area contributed by atoms with Crippen LogP contribution in [-0.4, -0.2) is 22.9 Å². The zero-order chi connectivity index (χ0) is 14.4. The predicted molar refractivity (Wildman–Crippen MR) is 77.3 cm³/mol. The molecule has 0 saturated heterocycles. The van der Waals surface area contributed by atoms with Gasteiger partial charge in [-0.15, -0.1) is 0 Å². The molecule has 0 aliphatic heterocycles. The maximum Gasteiger partial charge on any atom is 0.247 e. The van der Waals surface area contributed by atoms with Crippen molar-refractivity contribution in [2.24, 2.45) is 11.1 Å². The molecule has 6 heteroatoms. The molecule has 2 aromatic rings. The van der Waals surface area contributed by atoms with Gasteiger partial charge in [0.2, 0.25) is 11.7 Å². The second kappa shape index (κ2) is 4.65. The summed E-state index contributed by atoms with van der Waals surface area (Å²) in [5, 5.41) is 8.02. The normalized spacial score (nSPS) is 28.3. The molecule has 3 rings (SSSR count). The first kappa shape index (κ1) is 13.7. The third-order valence-electron chi connectivity index (χ3n) is 4.42. The van der Waals surface area contributed by atoms with Crippen LogP contribution in [0.25, 0.3) is 11.4 Å². The number of hydrogen-bond acceptors (Lipinski definition) is 6. The molecule has 2 aromatic heterocycles. The average Bonchev–Trinajstić information content (AvgIpc) is 3.09. The molecule has 5 nitrogen and oxygen atoms in total. The summed E-state index contributed by atoms with van der Waals surface area (Å²) in [6.45, 7) is 6.86. The summed E-state index contributed by atoms with van der Waals surface area (Å²) in [5.74, 6) is 1.10. The number of ether oxygens (including phenoxy) is 1. The van der Waals surface area contributed by atoms with Crippen LogP contribution in [0.15, 0.2) is 21.3 Å². The molecule has 1 aliphatic carbocycles. The van der Waals surface area contributed by atoms with Crippen molar-refractivity contribution < 1.29 is 9.26 Å². The topological polar surface area (TPSA) is 74.2 Å². The average molecular weight is 293 g/mol. The van der Waals surface area contributed by atoms with Crippen molar-refractivity contribution in [3.05, 3.63) is 22.7 Å². The second-order valence-corrected chi connectivity index (χ2v) is 6.56. The third-order valence-corrected chi connectivity index (χ3v) is 5.10. The van der Waals surface area contributed by atoms with Gasteiger partial charge < -0.3 is 15.0 Å². The maximum atomic E-state index is 6.52. The largest absolute Gasteiger partial charge is 0.378 e. The first-order valence-corrected chi connectivity index (χ1v) is 7.70. The van der Waals surface area contributed by atoms with Crippen molar-refractivity contribution in [2.75, 3.05) is 6.61 Å². The number of hydrogen-bond donors (Lipinski definition) is 1. The van der Waals surface area contributed by atoms with Crippen molar-refractivity contribution in [3.8, 4) is 11.4 Å². The monoisotopic (exact) mass is 293 g/mol. The molecule has 0 spiro atoms. The standard InChI is InChI=1S/C14H19N3O2S/c1-4-18-10-7-14(15,13(10,2)3)12-16-11(17-19-12)9-5-6-20-8-9/h5-6,8,10H,4,7,15H2,1-3H3. The summed E-state index contributed by atoms with van der Waals surface area (Å²) in [5.41, 5.74) is 6.64. The van der Waals surface area contributed by atoms with Crippen LogP contribution >= 0.6 is 11.3 Å². The molecule has 0 amide bonds. The number of nitrogens with zero attached hydrogens (tertiary/aromatic N) is 2. The first-order valence-electron chi connectivity index (χ1n) is 6.76. The molecule has 1 aliphatic rings. The van der Waals surface area contributed by atoms with Gasteiger partial charge in [-0.3, -0.25) is 0 Å². The smallest absolute Gasteiger partial charge is 0.247 e. The summed E-state index contributed by atoms with van der Waals surface area (Å²) < 4.78 is 11.1. The molecule has 0 radical (unpaired) electrons. The van der Waals surface area contributed by atoms with Gasteiger partial charge in [0.05, 0.1) is 6.10 Å². The van der Waals surface area contributed by atoms with Crippen LogP contribution in [0.4, 0.5) is 0 Å². The summed E-state index contributed by atoms with van der Waals surface area (Å²) in [6.07, 6.45) is 0.841. The Morgan fingerprint density at radius 1 is 1.55 bits per heavy atom. The van der Waals surface area contributed by atoms with Gasteiger partial charge in [-0.1, -0.05) is 19.0 Å². The Morgan fingerprint density at radius 2 is 2.35 bits per heavy atom. The minimum absolute atomic E-state index is 0.133. The Morgan fingerprint density at radius 3 is 2.95 bits per heavy atom. The number of nitrogens with two attached hydrogens (primary N) is 1. The molecular weight excluding hydrogens is 274 g/mol. The van der Waals surface area contributed by atoms with Crippen molar-refractivity contribution in [2.45, 2.75) is 38.8 Å². The van der Waals surface area contributed by atoms with Gasteiger partial charge in [-0.25, -0.2) is 0 Å². The fourth-order valence-electron chi connectivity index (χ4n) is 2.71. The van der Waals surface area contributed by atoms with Gasteiger partial charge in [0.15, 0.2) is 0 Å².